The molecule has 1 amide bonds. The zero-order chi connectivity index (χ0) is 25.3. The minimum atomic E-state index is -4.47. The van der Waals surface area contributed by atoms with Crippen LogP contribution in [0, 0.1) is 0 Å². The molecule has 0 aliphatic rings. The Morgan fingerprint density at radius 2 is 2.00 bits per heavy atom. The highest BCUT2D eigenvalue weighted by molar-refractivity contribution is 6.10. The highest BCUT2D eigenvalue weighted by atomic mass is 19.4. The first-order chi connectivity index (χ1) is 16.1. The van der Waals surface area contributed by atoms with Gasteiger partial charge in [-0.1, -0.05) is 12.7 Å². The van der Waals surface area contributed by atoms with Gasteiger partial charge in [0.2, 0.25) is 5.88 Å². The van der Waals surface area contributed by atoms with Crippen molar-refractivity contribution in [1.82, 2.24) is 9.88 Å². The predicted molar refractivity (Wildman–Crippen MR) is 125 cm³/mol. The zero-order valence-electron chi connectivity index (χ0n) is 19.6. The Hall–Kier alpha value is -3.62. The summed E-state index contributed by atoms with van der Waals surface area (Å²) in [6.07, 6.45) is 1.11. The van der Waals surface area contributed by atoms with Crippen molar-refractivity contribution in [3.05, 3.63) is 78.1 Å². The van der Waals surface area contributed by atoms with Crippen LogP contribution in [0.15, 0.2) is 66.5 Å². The minimum Gasteiger partial charge on any atom is -0.497 e. The summed E-state index contributed by atoms with van der Waals surface area (Å²) in [5.41, 5.74) is 0.823. The van der Waals surface area contributed by atoms with E-state index in [1.807, 2.05) is 6.92 Å². The van der Waals surface area contributed by atoms with E-state index in [1.54, 1.807) is 55.3 Å². The number of hydrogen-bond acceptors (Lipinski definition) is 5. The average molecular weight is 476 g/mol. The van der Waals surface area contributed by atoms with E-state index >= 15 is 0 Å². The van der Waals surface area contributed by atoms with Gasteiger partial charge in [0.1, 0.15) is 12.4 Å². The van der Waals surface area contributed by atoms with Crippen LogP contribution in [0.5, 0.6) is 11.6 Å². The quantitative estimate of drug-likeness (QED) is 0.334. The van der Waals surface area contributed by atoms with Crippen LogP contribution < -0.4 is 9.47 Å². The summed E-state index contributed by atoms with van der Waals surface area (Å²) in [7, 11) is 1.54. The van der Waals surface area contributed by atoms with E-state index in [2.05, 4.69) is 16.6 Å². The molecule has 182 valence electrons. The van der Waals surface area contributed by atoms with E-state index in [0.29, 0.717) is 29.1 Å². The molecule has 34 heavy (non-hydrogen) atoms. The van der Waals surface area contributed by atoms with Crippen molar-refractivity contribution in [2.24, 2.45) is 4.99 Å². The summed E-state index contributed by atoms with van der Waals surface area (Å²) in [5.74, 6) is 0.394. The maximum Gasteiger partial charge on any atom is 0.417 e. The molecular formula is C25H28F3N3O3. The number of likely N-dealkylation sites (N-methyl/N-ethyl adjacent to an activating group) is 1. The monoisotopic (exact) mass is 475 g/mol. The number of aromatic nitrogens is 1. The number of rotatable bonds is 10. The summed E-state index contributed by atoms with van der Waals surface area (Å²) in [5, 5.41) is 0. The number of alkyl halides is 3. The number of pyridine rings is 1. The van der Waals surface area contributed by atoms with Gasteiger partial charge in [0.05, 0.1) is 18.7 Å². The fraction of sp³-hybridized carbons (Fsp3) is 0.320. The SMILES string of the molecule is C=C/C=C\N=C(/C)c1cc(OC)ccc1C(=O)N(CC)C(C)COc1ccc(C(F)(F)F)cn1. The van der Waals surface area contributed by atoms with Gasteiger partial charge in [-0.05, 0) is 51.1 Å². The van der Waals surface area contributed by atoms with Crippen LogP contribution in [0.3, 0.4) is 0 Å². The van der Waals surface area contributed by atoms with Gasteiger partial charge in [0.25, 0.3) is 5.91 Å². The van der Waals surface area contributed by atoms with Crippen LogP contribution in [-0.4, -0.2) is 47.8 Å². The van der Waals surface area contributed by atoms with Gasteiger partial charge in [0, 0.05) is 41.8 Å². The predicted octanol–water partition coefficient (Wildman–Crippen LogP) is 5.55. The van der Waals surface area contributed by atoms with Crippen LogP contribution in [0.4, 0.5) is 13.2 Å². The normalized spacial score (nSPS) is 13.0. The number of ether oxygens (including phenoxy) is 2. The molecule has 1 aromatic heterocycles. The summed E-state index contributed by atoms with van der Waals surface area (Å²) < 4.78 is 49.0. The summed E-state index contributed by atoms with van der Waals surface area (Å²) in [6, 6.07) is 6.81. The largest absolute Gasteiger partial charge is 0.497 e. The number of methoxy groups -OCH3 is 1. The molecule has 0 aliphatic carbocycles. The molecular weight excluding hydrogens is 447 g/mol. The van der Waals surface area contributed by atoms with Crippen molar-refractivity contribution in [2.45, 2.75) is 33.0 Å². The second-order valence-electron chi connectivity index (χ2n) is 7.34. The second-order valence-corrected chi connectivity index (χ2v) is 7.34. The van der Waals surface area contributed by atoms with Crippen LogP contribution in [0.25, 0.3) is 0 Å². The molecule has 1 aromatic carbocycles. The Morgan fingerprint density at radius 3 is 2.56 bits per heavy atom. The number of carbonyl (C=O) groups excluding carboxylic acids is 1. The zero-order valence-corrected chi connectivity index (χ0v) is 19.6. The van der Waals surface area contributed by atoms with Crippen molar-refractivity contribution in [3.8, 4) is 11.6 Å². The summed E-state index contributed by atoms with van der Waals surface area (Å²) in [6.45, 7) is 9.47. The van der Waals surface area contributed by atoms with Crippen LogP contribution >= 0.6 is 0 Å². The Balaban J connectivity index is 2.23. The molecule has 1 unspecified atom stereocenters. The maximum atomic E-state index is 13.4. The Bertz CT molecular complexity index is 1050. The van der Waals surface area contributed by atoms with Gasteiger partial charge in [-0.3, -0.25) is 9.79 Å². The van der Waals surface area contributed by atoms with E-state index in [0.717, 1.165) is 18.3 Å². The minimum absolute atomic E-state index is 0.0467. The maximum absolute atomic E-state index is 13.4. The summed E-state index contributed by atoms with van der Waals surface area (Å²) in [4.78, 5) is 23.1. The van der Waals surface area contributed by atoms with E-state index in [9.17, 15) is 18.0 Å². The van der Waals surface area contributed by atoms with E-state index in [-0.39, 0.29) is 24.4 Å². The number of carbonyl (C=O) groups is 1. The Labute approximate surface area is 197 Å². The molecule has 0 saturated heterocycles. The number of halogens is 3. The number of hydrogen-bond donors (Lipinski definition) is 0. The first-order valence-electron chi connectivity index (χ1n) is 10.6. The number of allylic oxidation sites excluding steroid dienone is 2. The van der Waals surface area contributed by atoms with Gasteiger partial charge >= 0.3 is 6.18 Å². The molecule has 0 spiro atoms. The molecule has 9 heteroatoms. The molecule has 0 N–H and O–H groups in total. The smallest absolute Gasteiger partial charge is 0.417 e. The second kappa shape index (κ2) is 12.0. The lowest BCUT2D eigenvalue weighted by Crippen LogP contribution is -2.42. The van der Waals surface area contributed by atoms with Crippen LogP contribution in [0.1, 0.15) is 42.3 Å². The lowest BCUT2D eigenvalue weighted by atomic mass is 10.0. The van der Waals surface area contributed by atoms with Crippen LogP contribution in [0.2, 0.25) is 0 Å². The molecule has 1 atom stereocenters. The van der Waals surface area contributed by atoms with E-state index in [1.165, 1.54) is 7.11 Å². The highest BCUT2D eigenvalue weighted by Gasteiger charge is 2.31. The number of amides is 1. The van der Waals surface area contributed by atoms with Gasteiger partial charge in [0.15, 0.2) is 0 Å². The first kappa shape index (κ1) is 26.6. The van der Waals surface area contributed by atoms with Gasteiger partial charge in [-0.15, -0.1) is 0 Å². The molecule has 0 aliphatic heterocycles. The Morgan fingerprint density at radius 1 is 1.26 bits per heavy atom. The van der Waals surface area contributed by atoms with Crippen molar-refractivity contribution in [2.75, 3.05) is 20.3 Å². The molecule has 0 fully saturated rings. The van der Waals surface area contributed by atoms with E-state index < -0.39 is 11.7 Å². The highest BCUT2D eigenvalue weighted by Crippen LogP contribution is 2.29. The van der Waals surface area contributed by atoms with Gasteiger partial charge in [-0.2, -0.15) is 13.2 Å². The number of benzene rings is 1. The van der Waals surface area contributed by atoms with E-state index in [4.69, 9.17) is 9.47 Å². The van der Waals surface area contributed by atoms with Crippen molar-refractivity contribution in [3.63, 3.8) is 0 Å². The third kappa shape index (κ3) is 6.94. The molecule has 2 aromatic rings. The average Bonchev–Trinajstić information content (AvgIpc) is 2.82. The molecule has 6 nitrogen and oxygen atoms in total. The number of aliphatic imine (C=N–C) groups is 1. The lowest BCUT2D eigenvalue weighted by Gasteiger charge is -2.29. The molecule has 1 heterocycles. The van der Waals surface area contributed by atoms with Crippen molar-refractivity contribution >= 4 is 11.6 Å². The standard InChI is InChI=1S/C25H28F3N3O3/c1-6-8-13-29-18(4)22-14-20(33-5)10-11-21(22)24(32)31(7-2)17(3)16-34-23-12-9-19(15-30-23)25(26,27)28/h6,8-15,17H,1,7,16H2,2-5H3/b13-8-,29-18+. The van der Waals surface area contributed by atoms with Crippen LogP contribution in [-0.2, 0) is 6.18 Å². The summed E-state index contributed by atoms with van der Waals surface area (Å²) >= 11 is 0. The molecule has 2 rings (SSSR count). The number of nitrogens with zero attached hydrogens (tertiary/aromatic N) is 3. The fourth-order valence-electron chi connectivity index (χ4n) is 3.16. The lowest BCUT2D eigenvalue weighted by molar-refractivity contribution is -0.137. The van der Waals surface area contributed by atoms with Gasteiger partial charge < -0.3 is 14.4 Å². The third-order valence-corrected chi connectivity index (χ3v) is 5.01. The molecule has 0 radical (unpaired) electrons. The molecule has 0 saturated carbocycles. The fourth-order valence-corrected chi connectivity index (χ4v) is 3.16. The van der Waals surface area contributed by atoms with Crippen molar-refractivity contribution in [1.29, 1.82) is 0 Å². The third-order valence-electron chi connectivity index (χ3n) is 5.01. The topological polar surface area (TPSA) is 64.0 Å². The Kier molecular flexibility index (Phi) is 9.41. The molecule has 0 bridgehead atoms. The van der Waals surface area contributed by atoms with Gasteiger partial charge in [-0.25, -0.2) is 4.98 Å². The van der Waals surface area contributed by atoms with Crippen molar-refractivity contribution < 1.29 is 27.4 Å². The first-order valence-corrected chi connectivity index (χ1v) is 10.6.